The van der Waals surface area contributed by atoms with Crippen molar-refractivity contribution in [2.75, 3.05) is 5.32 Å². The van der Waals surface area contributed by atoms with Crippen molar-refractivity contribution >= 4 is 17.4 Å². The Morgan fingerprint density at radius 1 is 1.04 bits per heavy atom. The molecule has 0 aliphatic carbocycles. The molecule has 1 amide bonds. The van der Waals surface area contributed by atoms with Crippen molar-refractivity contribution in [2.45, 2.75) is 20.4 Å². The topological polar surface area (TPSA) is 93.9 Å². The first-order valence-electron chi connectivity index (χ1n) is 8.34. The molecule has 0 atom stereocenters. The first-order chi connectivity index (χ1) is 12.9. The summed E-state index contributed by atoms with van der Waals surface area (Å²) in [5.41, 5.74) is 2.83. The molecule has 0 radical (unpaired) electrons. The van der Waals surface area contributed by atoms with Crippen LogP contribution in [0.25, 0.3) is 11.3 Å². The van der Waals surface area contributed by atoms with Crippen molar-refractivity contribution < 1.29 is 9.59 Å². The largest absolute Gasteiger partial charge is 0.365 e. The number of hydrogen-bond acceptors (Lipinski definition) is 5. The van der Waals surface area contributed by atoms with Crippen LogP contribution in [0.1, 0.15) is 22.8 Å². The quantitative estimate of drug-likeness (QED) is 0.704. The molecule has 136 valence electrons. The average molecular weight is 362 g/mol. The summed E-state index contributed by atoms with van der Waals surface area (Å²) in [4.78, 5) is 39.6. The second-order valence-corrected chi connectivity index (χ2v) is 6.13. The van der Waals surface area contributed by atoms with E-state index in [1.807, 2.05) is 31.2 Å². The molecule has 0 bridgehead atoms. The average Bonchev–Trinajstić information content (AvgIpc) is 2.64. The second kappa shape index (κ2) is 7.74. The van der Waals surface area contributed by atoms with Crippen LogP contribution >= 0.6 is 0 Å². The van der Waals surface area contributed by atoms with Crippen molar-refractivity contribution in [3.63, 3.8) is 0 Å². The number of rotatable bonds is 5. The van der Waals surface area contributed by atoms with E-state index < -0.39 is 11.6 Å². The van der Waals surface area contributed by atoms with Crippen LogP contribution in [0.2, 0.25) is 0 Å². The maximum atomic E-state index is 12.2. The zero-order valence-electron chi connectivity index (χ0n) is 15.0. The summed E-state index contributed by atoms with van der Waals surface area (Å²) in [6.45, 7) is 3.19. The SMILES string of the molecule is CC(=O)c1ccc(NC(=O)Cn2ncc(-c3ccc(C)cc3)nc2=O)cc1. The smallest absolute Gasteiger partial charge is 0.324 e. The van der Waals surface area contributed by atoms with Crippen molar-refractivity contribution in [1.29, 1.82) is 0 Å². The van der Waals surface area contributed by atoms with E-state index in [9.17, 15) is 14.4 Å². The van der Waals surface area contributed by atoms with E-state index in [0.29, 0.717) is 16.9 Å². The number of carbonyl (C=O) groups is 2. The van der Waals surface area contributed by atoms with Crippen molar-refractivity contribution in [3.05, 3.63) is 76.3 Å². The Balaban J connectivity index is 1.69. The van der Waals surface area contributed by atoms with Gasteiger partial charge in [-0.1, -0.05) is 29.8 Å². The van der Waals surface area contributed by atoms with E-state index in [1.165, 1.54) is 13.1 Å². The number of aromatic nitrogens is 3. The third kappa shape index (κ3) is 4.52. The lowest BCUT2D eigenvalue weighted by atomic mass is 10.1. The fourth-order valence-corrected chi connectivity index (χ4v) is 2.46. The number of nitrogens with one attached hydrogen (secondary N) is 1. The lowest BCUT2D eigenvalue weighted by Gasteiger charge is -2.07. The van der Waals surface area contributed by atoms with Crippen molar-refractivity contribution in [1.82, 2.24) is 14.8 Å². The zero-order valence-corrected chi connectivity index (χ0v) is 15.0. The number of anilines is 1. The van der Waals surface area contributed by atoms with E-state index in [0.717, 1.165) is 15.8 Å². The van der Waals surface area contributed by atoms with Gasteiger partial charge in [-0.15, -0.1) is 0 Å². The summed E-state index contributed by atoms with van der Waals surface area (Å²) in [6, 6.07) is 14.1. The van der Waals surface area contributed by atoms with Crippen LogP contribution in [-0.2, 0) is 11.3 Å². The Bertz CT molecular complexity index is 1040. The summed E-state index contributed by atoms with van der Waals surface area (Å²) in [5.74, 6) is -0.464. The van der Waals surface area contributed by atoms with E-state index in [1.54, 1.807) is 24.3 Å². The molecule has 3 rings (SSSR count). The highest BCUT2D eigenvalue weighted by Gasteiger charge is 2.09. The summed E-state index contributed by atoms with van der Waals surface area (Å²) < 4.78 is 0.997. The Morgan fingerprint density at radius 3 is 2.30 bits per heavy atom. The normalized spacial score (nSPS) is 10.4. The van der Waals surface area contributed by atoms with Crippen molar-refractivity contribution in [2.24, 2.45) is 0 Å². The molecule has 0 saturated heterocycles. The number of Topliss-reactive ketones (excluding diaryl/α,β-unsaturated/α-hetero) is 1. The van der Waals surface area contributed by atoms with Gasteiger partial charge in [-0.25, -0.2) is 9.48 Å². The van der Waals surface area contributed by atoms with E-state index in [4.69, 9.17) is 0 Å². The zero-order chi connectivity index (χ0) is 19.4. The predicted octanol–water partition coefficient (Wildman–Crippen LogP) is 2.46. The Hall–Kier alpha value is -3.61. The molecule has 27 heavy (non-hydrogen) atoms. The number of nitrogens with zero attached hydrogens (tertiary/aromatic N) is 3. The molecule has 1 heterocycles. The molecule has 3 aromatic rings. The van der Waals surface area contributed by atoms with Crippen LogP contribution in [0.15, 0.2) is 59.5 Å². The molecule has 0 aliphatic heterocycles. The second-order valence-electron chi connectivity index (χ2n) is 6.13. The van der Waals surface area contributed by atoms with E-state index in [2.05, 4.69) is 15.4 Å². The Labute approximate surface area is 155 Å². The first kappa shape index (κ1) is 18.2. The molecule has 0 fully saturated rings. The van der Waals surface area contributed by atoms with Gasteiger partial charge in [0.2, 0.25) is 5.91 Å². The number of aryl methyl sites for hydroxylation is 1. The van der Waals surface area contributed by atoms with Crippen molar-refractivity contribution in [3.8, 4) is 11.3 Å². The summed E-state index contributed by atoms with van der Waals surface area (Å²) >= 11 is 0. The predicted molar refractivity (Wildman–Crippen MR) is 102 cm³/mol. The summed E-state index contributed by atoms with van der Waals surface area (Å²) in [7, 11) is 0. The van der Waals surface area contributed by atoms with Gasteiger partial charge in [0.1, 0.15) is 6.54 Å². The maximum absolute atomic E-state index is 12.2. The molecule has 1 N–H and O–H groups in total. The third-order valence-corrected chi connectivity index (χ3v) is 3.97. The van der Waals surface area contributed by atoms with Gasteiger partial charge in [0.25, 0.3) is 0 Å². The molecule has 7 nitrogen and oxygen atoms in total. The van der Waals surface area contributed by atoms with Crippen LogP contribution in [0.3, 0.4) is 0 Å². The number of hydrogen-bond donors (Lipinski definition) is 1. The number of amides is 1. The molecule has 0 unspecified atom stereocenters. The highest BCUT2D eigenvalue weighted by atomic mass is 16.2. The minimum absolute atomic E-state index is 0.0524. The molecular weight excluding hydrogens is 344 g/mol. The first-order valence-corrected chi connectivity index (χ1v) is 8.34. The molecule has 7 heteroatoms. The van der Waals surface area contributed by atoms with Gasteiger partial charge in [-0.2, -0.15) is 10.1 Å². The highest BCUT2D eigenvalue weighted by Crippen LogP contribution is 2.15. The maximum Gasteiger partial charge on any atom is 0.365 e. The molecule has 2 aromatic carbocycles. The standard InChI is InChI=1S/C20H18N4O3/c1-13-3-5-16(6-4-13)18-11-21-24(20(27)23-18)12-19(26)22-17-9-7-15(8-10-17)14(2)25/h3-11H,12H2,1-2H3,(H,22,26). The lowest BCUT2D eigenvalue weighted by Crippen LogP contribution is -2.31. The molecule has 0 spiro atoms. The van der Waals surface area contributed by atoms with Gasteiger partial charge in [0.05, 0.1) is 11.9 Å². The van der Waals surface area contributed by atoms with Crippen LogP contribution in [0, 0.1) is 6.92 Å². The van der Waals surface area contributed by atoms with Gasteiger partial charge in [0, 0.05) is 16.8 Å². The van der Waals surface area contributed by atoms with Crippen LogP contribution in [0.5, 0.6) is 0 Å². The number of benzene rings is 2. The summed E-state index contributed by atoms with van der Waals surface area (Å²) in [5, 5.41) is 6.69. The van der Waals surface area contributed by atoms with E-state index in [-0.39, 0.29) is 12.3 Å². The van der Waals surface area contributed by atoms with Crippen LogP contribution < -0.4 is 11.0 Å². The number of ketones is 1. The molecule has 1 aromatic heterocycles. The third-order valence-electron chi connectivity index (χ3n) is 3.97. The van der Waals surface area contributed by atoms with Crippen LogP contribution in [0.4, 0.5) is 5.69 Å². The van der Waals surface area contributed by atoms with Gasteiger partial charge in [-0.3, -0.25) is 9.59 Å². The fourth-order valence-electron chi connectivity index (χ4n) is 2.46. The van der Waals surface area contributed by atoms with E-state index >= 15 is 0 Å². The summed E-state index contributed by atoms with van der Waals surface area (Å²) in [6.07, 6.45) is 1.46. The monoisotopic (exact) mass is 362 g/mol. The number of carbonyl (C=O) groups excluding carboxylic acids is 2. The van der Waals surface area contributed by atoms with Gasteiger partial charge >= 0.3 is 5.69 Å². The van der Waals surface area contributed by atoms with Gasteiger partial charge in [0.15, 0.2) is 5.78 Å². The Morgan fingerprint density at radius 2 is 1.70 bits per heavy atom. The van der Waals surface area contributed by atoms with Crippen LogP contribution in [-0.4, -0.2) is 26.5 Å². The highest BCUT2D eigenvalue weighted by molar-refractivity contribution is 5.95. The minimum Gasteiger partial charge on any atom is -0.324 e. The van der Waals surface area contributed by atoms with Gasteiger partial charge in [-0.05, 0) is 38.1 Å². The molecular formula is C20H18N4O3. The molecule has 0 saturated carbocycles. The molecule has 0 aliphatic rings. The Kier molecular flexibility index (Phi) is 5.21. The minimum atomic E-state index is -0.602. The van der Waals surface area contributed by atoms with Gasteiger partial charge < -0.3 is 5.32 Å². The fraction of sp³-hybridized carbons (Fsp3) is 0.150. The lowest BCUT2D eigenvalue weighted by molar-refractivity contribution is -0.117.